The number of thioether (sulfide) groups is 1. The molecule has 0 aliphatic heterocycles. The number of aryl methyl sites for hydroxylation is 1. The van der Waals surface area contributed by atoms with Crippen LogP contribution in [-0.2, 0) is 6.54 Å². The van der Waals surface area contributed by atoms with Gasteiger partial charge in [0.05, 0.1) is 5.39 Å². The highest BCUT2D eigenvalue weighted by atomic mass is 32.2. The Hall–Kier alpha value is -2.26. The van der Waals surface area contributed by atoms with Crippen LogP contribution in [0.4, 0.5) is 5.13 Å². The van der Waals surface area contributed by atoms with Crippen molar-refractivity contribution in [2.45, 2.75) is 37.6 Å². The number of amides is 1. The zero-order valence-electron chi connectivity index (χ0n) is 14.6. The number of carbonyl (C=O) groups is 1. The van der Waals surface area contributed by atoms with Crippen LogP contribution in [0.3, 0.4) is 0 Å². The molecule has 7 nitrogen and oxygen atoms in total. The molecule has 0 saturated carbocycles. The number of benzene rings is 1. The van der Waals surface area contributed by atoms with E-state index < -0.39 is 5.91 Å². The molecule has 0 aliphatic rings. The Kier molecular flexibility index (Phi) is 6.00. The summed E-state index contributed by atoms with van der Waals surface area (Å²) in [5.41, 5.74) is 0.0411. The van der Waals surface area contributed by atoms with E-state index in [2.05, 4.69) is 20.6 Å². The fraction of sp³-hybridized carbons (Fsp3) is 0.353. The van der Waals surface area contributed by atoms with Crippen molar-refractivity contribution in [1.29, 1.82) is 0 Å². The molecule has 1 amide bonds. The van der Waals surface area contributed by atoms with E-state index >= 15 is 0 Å². The van der Waals surface area contributed by atoms with Crippen LogP contribution in [0, 0.1) is 0 Å². The van der Waals surface area contributed by atoms with Gasteiger partial charge in [-0.05, 0) is 18.2 Å². The van der Waals surface area contributed by atoms with Gasteiger partial charge in [0.15, 0.2) is 10.0 Å². The number of anilines is 1. The largest absolute Gasteiger partial charge is 0.295 e. The quantitative estimate of drug-likeness (QED) is 0.492. The van der Waals surface area contributed by atoms with Crippen LogP contribution >= 0.6 is 23.1 Å². The topological polar surface area (TPSA) is 89.8 Å². The van der Waals surface area contributed by atoms with Gasteiger partial charge in [-0.3, -0.25) is 14.9 Å². The molecule has 9 heteroatoms. The normalized spacial score (nSPS) is 11.0. The lowest BCUT2D eigenvalue weighted by atomic mass is 10.1. The van der Waals surface area contributed by atoms with Crippen molar-refractivity contribution >= 4 is 44.9 Å². The summed E-state index contributed by atoms with van der Waals surface area (Å²) in [5.74, 6) is 0.493. The van der Waals surface area contributed by atoms with Gasteiger partial charge in [0.2, 0.25) is 5.13 Å². The van der Waals surface area contributed by atoms with Crippen LogP contribution in [-0.4, -0.2) is 31.6 Å². The summed E-state index contributed by atoms with van der Waals surface area (Å²) >= 11 is 2.89. The molecule has 1 aromatic carbocycles. The molecule has 3 aromatic rings. The molecule has 0 spiro atoms. The van der Waals surface area contributed by atoms with E-state index in [9.17, 15) is 9.59 Å². The van der Waals surface area contributed by atoms with Crippen LogP contribution < -0.4 is 10.9 Å². The Balaban J connectivity index is 1.97. The highest BCUT2D eigenvalue weighted by molar-refractivity contribution is 8.01. The number of nitrogens with zero attached hydrogens (tertiary/aromatic N) is 4. The lowest BCUT2D eigenvalue weighted by Crippen LogP contribution is -2.27. The van der Waals surface area contributed by atoms with Gasteiger partial charge >= 0.3 is 0 Å². The molecular weight excluding hydrogens is 370 g/mol. The van der Waals surface area contributed by atoms with E-state index in [1.54, 1.807) is 36.0 Å². The summed E-state index contributed by atoms with van der Waals surface area (Å²) in [6.45, 7) is 4.55. The summed E-state index contributed by atoms with van der Waals surface area (Å²) in [6.07, 6.45) is 1.76. The monoisotopic (exact) mass is 389 g/mol. The smallest absolute Gasteiger partial charge is 0.278 e. The second-order valence-electron chi connectivity index (χ2n) is 5.54. The van der Waals surface area contributed by atoms with Gasteiger partial charge in [-0.15, -0.1) is 10.2 Å². The summed E-state index contributed by atoms with van der Waals surface area (Å²) < 4.78 is 2.17. The van der Waals surface area contributed by atoms with Crippen molar-refractivity contribution in [2.75, 3.05) is 11.1 Å². The summed E-state index contributed by atoms with van der Waals surface area (Å²) in [7, 11) is 0. The van der Waals surface area contributed by atoms with Crippen LogP contribution in [0.1, 0.15) is 37.2 Å². The fourth-order valence-corrected chi connectivity index (χ4v) is 4.10. The van der Waals surface area contributed by atoms with E-state index in [-0.39, 0.29) is 11.3 Å². The van der Waals surface area contributed by atoms with Gasteiger partial charge in [0, 0.05) is 11.9 Å². The number of unbranched alkanes of at least 4 members (excludes halogenated alkanes) is 1. The Labute approximate surface area is 158 Å². The molecule has 0 atom stereocenters. The van der Waals surface area contributed by atoms with E-state index in [1.165, 1.54) is 16.0 Å². The highest BCUT2D eigenvalue weighted by Gasteiger charge is 2.18. The molecule has 26 heavy (non-hydrogen) atoms. The molecule has 0 aliphatic carbocycles. The van der Waals surface area contributed by atoms with Gasteiger partial charge in [0.1, 0.15) is 0 Å². The maximum Gasteiger partial charge on any atom is 0.278 e. The average molecular weight is 390 g/mol. The summed E-state index contributed by atoms with van der Waals surface area (Å²) in [5, 5.41) is 16.5. The van der Waals surface area contributed by atoms with Gasteiger partial charge < -0.3 is 0 Å². The first kappa shape index (κ1) is 18.5. The molecule has 0 radical (unpaired) electrons. The Morgan fingerprint density at radius 3 is 2.73 bits per heavy atom. The number of carbonyl (C=O) groups excluding carboxylic acids is 1. The third kappa shape index (κ3) is 3.94. The van der Waals surface area contributed by atoms with E-state index in [1.807, 2.05) is 13.8 Å². The van der Waals surface area contributed by atoms with Gasteiger partial charge in [-0.25, -0.2) is 4.68 Å². The molecule has 0 saturated heterocycles. The summed E-state index contributed by atoms with van der Waals surface area (Å²) in [6, 6.07) is 7.03. The number of aromatic nitrogens is 4. The standard InChI is InChI=1S/C17H19N5O2S2/c1-3-5-10-22-15(24)12-9-7-6-8-11(12)13(21-22)14(23)18-16-19-20-17(26-16)25-4-2/h6-9H,3-5,10H2,1-2H3,(H,18,19,23). The zero-order chi connectivity index (χ0) is 18.5. The number of nitrogens with one attached hydrogen (secondary N) is 1. The van der Waals surface area contributed by atoms with Crippen molar-refractivity contribution in [1.82, 2.24) is 20.0 Å². The van der Waals surface area contributed by atoms with Crippen molar-refractivity contribution < 1.29 is 4.79 Å². The lowest BCUT2D eigenvalue weighted by Gasteiger charge is -2.10. The maximum absolute atomic E-state index is 12.8. The number of hydrogen-bond donors (Lipinski definition) is 1. The van der Waals surface area contributed by atoms with Crippen molar-refractivity contribution in [3.63, 3.8) is 0 Å². The van der Waals surface area contributed by atoms with Crippen LogP contribution in [0.15, 0.2) is 33.4 Å². The first-order chi connectivity index (χ1) is 12.6. The minimum absolute atomic E-state index is 0.178. The highest BCUT2D eigenvalue weighted by Crippen LogP contribution is 2.25. The first-order valence-electron chi connectivity index (χ1n) is 8.41. The van der Waals surface area contributed by atoms with Crippen molar-refractivity contribution in [2.24, 2.45) is 0 Å². The van der Waals surface area contributed by atoms with Gasteiger partial charge in [0.25, 0.3) is 11.5 Å². The predicted octanol–water partition coefficient (Wildman–Crippen LogP) is 3.41. The van der Waals surface area contributed by atoms with Gasteiger partial charge in [-0.2, -0.15) is 5.10 Å². The van der Waals surface area contributed by atoms with Crippen LogP contribution in [0.25, 0.3) is 10.8 Å². The van der Waals surface area contributed by atoms with E-state index in [0.29, 0.717) is 22.4 Å². The minimum atomic E-state index is -0.393. The zero-order valence-corrected chi connectivity index (χ0v) is 16.2. The number of rotatable bonds is 7. The molecule has 0 unspecified atom stereocenters. The van der Waals surface area contributed by atoms with Crippen LogP contribution in [0.5, 0.6) is 0 Å². The molecule has 3 rings (SSSR count). The predicted molar refractivity (Wildman–Crippen MR) is 105 cm³/mol. The summed E-state index contributed by atoms with van der Waals surface area (Å²) in [4.78, 5) is 25.4. The van der Waals surface area contributed by atoms with Crippen LogP contribution in [0.2, 0.25) is 0 Å². The van der Waals surface area contributed by atoms with Crippen molar-refractivity contribution in [3.05, 3.63) is 40.3 Å². The Morgan fingerprint density at radius 2 is 2.00 bits per heavy atom. The molecule has 136 valence electrons. The average Bonchev–Trinajstić information content (AvgIpc) is 3.08. The molecule has 2 aromatic heterocycles. The third-order valence-corrected chi connectivity index (χ3v) is 5.56. The first-order valence-corrected chi connectivity index (χ1v) is 10.2. The van der Waals surface area contributed by atoms with Crippen molar-refractivity contribution in [3.8, 4) is 0 Å². The van der Waals surface area contributed by atoms with E-state index in [4.69, 9.17) is 0 Å². The van der Waals surface area contributed by atoms with Gasteiger partial charge in [-0.1, -0.05) is 61.6 Å². The molecule has 0 bridgehead atoms. The van der Waals surface area contributed by atoms with E-state index in [0.717, 1.165) is 22.9 Å². The number of hydrogen-bond acceptors (Lipinski definition) is 7. The molecule has 2 heterocycles. The second-order valence-corrected chi connectivity index (χ2v) is 8.02. The minimum Gasteiger partial charge on any atom is -0.295 e. The molecule has 0 fully saturated rings. The Morgan fingerprint density at radius 1 is 1.23 bits per heavy atom. The second kappa shape index (κ2) is 8.41. The fourth-order valence-electron chi connectivity index (χ4n) is 2.46. The lowest BCUT2D eigenvalue weighted by molar-refractivity contribution is 0.102. The Bertz CT molecular complexity index is 983. The molecule has 1 N–H and O–H groups in total. The molecular formula is C17H19N5O2S2. The SMILES string of the molecule is CCCCn1nc(C(=O)Nc2nnc(SCC)s2)c2ccccc2c1=O. The third-order valence-electron chi connectivity index (χ3n) is 3.70. The maximum atomic E-state index is 12.8. The number of fused-ring (bicyclic) bond motifs is 1.